The van der Waals surface area contributed by atoms with E-state index in [9.17, 15) is 8.78 Å². The molecule has 1 nitrogen and oxygen atoms in total. The fraction of sp³-hybridized carbons (Fsp3) is 0.667. The van der Waals surface area contributed by atoms with Crippen LogP contribution in [0.1, 0.15) is 6.42 Å². The van der Waals surface area contributed by atoms with Crippen LogP contribution in [0.3, 0.4) is 0 Å². The topological polar surface area (TPSA) is 20.2 Å². The first kappa shape index (κ1) is 5.82. The molecule has 0 rings (SSSR count). The number of rotatable bonds is 2. The zero-order chi connectivity index (χ0) is 4.99. The standard InChI is InChI=1S/C3H5F2O/c4-3(5)1-2-6/h2-3,6H,1H2. The predicted octanol–water partition coefficient (Wildman–Crippen LogP) is 1.18. The van der Waals surface area contributed by atoms with E-state index in [-0.39, 0.29) is 0 Å². The monoisotopic (exact) mass is 95.0 g/mol. The minimum absolute atomic E-state index is 0.449. The van der Waals surface area contributed by atoms with Crippen molar-refractivity contribution in [2.45, 2.75) is 12.8 Å². The zero-order valence-electron chi connectivity index (χ0n) is 3.06. The molecule has 0 aromatic heterocycles. The number of hydrogen-bond donors (Lipinski definition) is 1. The minimum atomic E-state index is -2.41. The van der Waals surface area contributed by atoms with Crippen LogP contribution in [0.4, 0.5) is 8.78 Å². The van der Waals surface area contributed by atoms with Gasteiger partial charge in [0.1, 0.15) is 0 Å². The van der Waals surface area contributed by atoms with Gasteiger partial charge in [0.25, 0.3) is 0 Å². The summed E-state index contributed by atoms with van der Waals surface area (Å²) in [5.74, 6) is 0. The van der Waals surface area contributed by atoms with Gasteiger partial charge in [-0.1, -0.05) is 0 Å². The molecule has 0 aliphatic carbocycles. The first-order valence-corrected chi connectivity index (χ1v) is 1.51. The van der Waals surface area contributed by atoms with Gasteiger partial charge >= 0.3 is 0 Å². The summed E-state index contributed by atoms with van der Waals surface area (Å²) in [7, 11) is 0. The quantitative estimate of drug-likeness (QED) is 0.546. The van der Waals surface area contributed by atoms with Crippen molar-refractivity contribution in [3.63, 3.8) is 0 Å². The number of aliphatic hydroxyl groups excluding tert-OH is 1. The van der Waals surface area contributed by atoms with Gasteiger partial charge in [0, 0.05) is 6.42 Å². The lowest BCUT2D eigenvalue weighted by Gasteiger charge is -1.86. The Hall–Kier alpha value is -0.180. The van der Waals surface area contributed by atoms with Gasteiger partial charge in [-0.25, -0.2) is 8.78 Å². The van der Waals surface area contributed by atoms with Crippen LogP contribution in [-0.2, 0) is 0 Å². The Bertz CT molecular complexity index is 30.0. The van der Waals surface area contributed by atoms with E-state index >= 15 is 0 Å². The Labute approximate surface area is 34.6 Å². The molecule has 0 saturated heterocycles. The Morgan fingerprint density at radius 1 is 1.67 bits per heavy atom. The van der Waals surface area contributed by atoms with E-state index in [1.807, 2.05) is 0 Å². The molecule has 0 aromatic carbocycles. The van der Waals surface area contributed by atoms with E-state index in [0.29, 0.717) is 6.61 Å². The van der Waals surface area contributed by atoms with Crippen molar-refractivity contribution < 1.29 is 13.9 Å². The van der Waals surface area contributed by atoms with Crippen molar-refractivity contribution >= 4 is 0 Å². The van der Waals surface area contributed by atoms with Crippen LogP contribution in [-0.4, -0.2) is 11.5 Å². The second kappa shape index (κ2) is 3.03. The third kappa shape index (κ3) is 3.82. The maximum absolute atomic E-state index is 10.8. The van der Waals surface area contributed by atoms with Crippen molar-refractivity contribution in [2.24, 2.45) is 0 Å². The summed E-state index contributed by atoms with van der Waals surface area (Å²) in [5, 5.41) is 7.63. The zero-order valence-corrected chi connectivity index (χ0v) is 3.06. The van der Waals surface area contributed by atoms with Crippen LogP contribution in [0.15, 0.2) is 0 Å². The van der Waals surface area contributed by atoms with E-state index in [1.54, 1.807) is 0 Å². The second-order valence-electron chi connectivity index (χ2n) is 0.809. The van der Waals surface area contributed by atoms with E-state index in [1.165, 1.54) is 0 Å². The minimum Gasteiger partial charge on any atom is -0.390 e. The highest BCUT2D eigenvalue weighted by Gasteiger charge is 1.97. The lowest BCUT2D eigenvalue weighted by molar-refractivity contribution is 0.129. The molecule has 0 atom stereocenters. The van der Waals surface area contributed by atoms with Gasteiger partial charge in [-0.3, -0.25) is 0 Å². The van der Waals surface area contributed by atoms with E-state index in [4.69, 9.17) is 5.11 Å². The van der Waals surface area contributed by atoms with Crippen molar-refractivity contribution in [3.05, 3.63) is 6.61 Å². The number of aliphatic hydroxyl groups is 1. The molecule has 1 radical (unpaired) electrons. The summed E-state index contributed by atoms with van der Waals surface area (Å²) >= 11 is 0. The van der Waals surface area contributed by atoms with Crippen LogP contribution in [0.2, 0.25) is 0 Å². The van der Waals surface area contributed by atoms with Crippen LogP contribution in [0.5, 0.6) is 0 Å². The molecular formula is C3H5F2O. The normalized spacial score (nSPS) is 10.0. The molecule has 0 spiro atoms. The van der Waals surface area contributed by atoms with Gasteiger partial charge < -0.3 is 5.11 Å². The average Bonchev–Trinajstić information content (AvgIpc) is 1.35. The lowest BCUT2D eigenvalue weighted by Crippen LogP contribution is -1.87. The first-order chi connectivity index (χ1) is 2.77. The summed E-state index contributed by atoms with van der Waals surface area (Å²) in [4.78, 5) is 0. The van der Waals surface area contributed by atoms with Crippen LogP contribution in [0, 0.1) is 6.61 Å². The smallest absolute Gasteiger partial charge is 0.241 e. The number of hydrogen-bond acceptors (Lipinski definition) is 1. The van der Waals surface area contributed by atoms with Gasteiger partial charge in [-0.2, -0.15) is 0 Å². The number of alkyl halides is 2. The average molecular weight is 95.1 g/mol. The Morgan fingerprint density at radius 3 is 2.17 bits per heavy atom. The van der Waals surface area contributed by atoms with E-state index in [0.717, 1.165) is 0 Å². The van der Waals surface area contributed by atoms with Gasteiger partial charge in [-0.15, -0.1) is 0 Å². The molecule has 0 unspecified atom stereocenters. The van der Waals surface area contributed by atoms with Gasteiger partial charge in [0.2, 0.25) is 6.43 Å². The van der Waals surface area contributed by atoms with Crippen molar-refractivity contribution in [3.8, 4) is 0 Å². The van der Waals surface area contributed by atoms with Crippen LogP contribution < -0.4 is 0 Å². The molecule has 3 heteroatoms. The van der Waals surface area contributed by atoms with Gasteiger partial charge in [-0.05, 0) is 0 Å². The predicted molar refractivity (Wildman–Crippen MR) is 16.9 cm³/mol. The maximum Gasteiger partial charge on any atom is 0.241 e. The Balaban J connectivity index is 2.63. The van der Waals surface area contributed by atoms with Gasteiger partial charge in [0.05, 0.1) is 6.61 Å². The largest absolute Gasteiger partial charge is 0.390 e. The molecule has 0 aliphatic heterocycles. The molecule has 0 heterocycles. The highest BCUT2D eigenvalue weighted by Crippen LogP contribution is 1.97. The number of halogens is 2. The molecular weight excluding hydrogens is 90.0 g/mol. The van der Waals surface area contributed by atoms with Crippen molar-refractivity contribution in [2.75, 3.05) is 0 Å². The second-order valence-corrected chi connectivity index (χ2v) is 0.809. The SMILES string of the molecule is O[CH]CC(F)F. The fourth-order valence-corrected chi connectivity index (χ4v) is 0.0797. The summed E-state index contributed by atoms with van der Waals surface area (Å²) in [6.07, 6.45) is -2.94. The van der Waals surface area contributed by atoms with E-state index < -0.39 is 12.8 Å². The lowest BCUT2D eigenvalue weighted by atomic mass is 10.5. The molecule has 1 N–H and O–H groups in total. The highest BCUT2D eigenvalue weighted by molar-refractivity contribution is 4.46. The van der Waals surface area contributed by atoms with Crippen LogP contribution >= 0.6 is 0 Å². The summed E-state index contributed by atoms with van der Waals surface area (Å²) in [5.41, 5.74) is 0. The molecule has 0 amide bonds. The summed E-state index contributed by atoms with van der Waals surface area (Å²) < 4.78 is 21.7. The first-order valence-electron chi connectivity index (χ1n) is 1.51. The molecule has 37 valence electrons. The van der Waals surface area contributed by atoms with Crippen LogP contribution in [0.25, 0.3) is 0 Å². The maximum atomic E-state index is 10.8. The Morgan fingerprint density at radius 2 is 2.17 bits per heavy atom. The third-order valence-corrected chi connectivity index (χ3v) is 0.284. The fourth-order valence-electron chi connectivity index (χ4n) is 0.0797. The molecule has 0 bridgehead atoms. The molecule has 0 aromatic rings. The van der Waals surface area contributed by atoms with Gasteiger partial charge in [0.15, 0.2) is 0 Å². The third-order valence-electron chi connectivity index (χ3n) is 0.284. The van der Waals surface area contributed by atoms with Crippen molar-refractivity contribution in [1.82, 2.24) is 0 Å². The molecule has 0 aliphatic rings. The Kier molecular flexibility index (Phi) is 2.94. The molecule has 0 saturated carbocycles. The highest BCUT2D eigenvalue weighted by atomic mass is 19.3. The van der Waals surface area contributed by atoms with E-state index in [2.05, 4.69) is 0 Å². The summed E-state index contributed by atoms with van der Waals surface area (Å²) in [6, 6.07) is 0. The van der Waals surface area contributed by atoms with Crippen molar-refractivity contribution in [1.29, 1.82) is 0 Å². The summed E-state index contributed by atoms with van der Waals surface area (Å²) in [6.45, 7) is 0.449. The molecule has 0 fully saturated rings. The molecule has 6 heavy (non-hydrogen) atoms.